The second kappa shape index (κ2) is 8.71. The van der Waals surface area contributed by atoms with Gasteiger partial charge in [-0.05, 0) is 36.8 Å². The van der Waals surface area contributed by atoms with Crippen molar-refractivity contribution in [1.82, 2.24) is 25.1 Å². The van der Waals surface area contributed by atoms with Gasteiger partial charge in [0.1, 0.15) is 0 Å². The molecule has 3 rings (SSSR count). The van der Waals surface area contributed by atoms with Crippen molar-refractivity contribution in [2.24, 2.45) is 0 Å². The Morgan fingerprint density at radius 2 is 2.07 bits per heavy atom. The number of benzene rings is 1. The fourth-order valence-corrected chi connectivity index (χ4v) is 3.38. The quantitative estimate of drug-likeness (QED) is 0.511. The normalized spacial score (nSPS) is 10.4. The van der Waals surface area contributed by atoms with Crippen molar-refractivity contribution >= 4 is 29.3 Å². The summed E-state index contributed by atoms with van der Waals surface area (Å²) in [6.07, 6.45) is 8.55. The molecule has 0 radical (unpaired) electrons. The van der Waals surface area contributed by atoms with Gasteiger partial charge in [-0.1, -0.05) is 35.3 Å². The van der Waals surface area contributed by atoms with Crippen molar-refractivity contribution < 1.29 is 4.79 Å². The van der Waals surface area contributed by atoms with Crippen molar-refractivity contribution in [3.05, 3.63) is 53.3 Å². The van der Waals surface area contributed by atoms with Crippen molar-refractivity contribution in [2.45, 2.75) is 12.1 Å². The highest BCUT2D eigenvalue weighted by Crippen LogP contribution is 2.31. The lowest BCUT2D eigenvalue weighted by Crippen LogP contribution is -2.25. The molecule has 1 N–H and O–H groups in total. The minimum absolute atomic E-state index is 0.166. The van der Waals surface area contributed by atoms with Crippen LogP contribution in [0.2, 0.25) is 5.02 Å². The maximum Gasteiger partial charge on any atom is 0.231 e. The molecule has 0 atom stereocenters. The highest BCUT2D eigenvalue weighted by molar-refractivity contribution is 7.99. The van der Waals surface area contributed by atoms with E-state index in [0.717, 1.165) is 16.8 Å². The van der Waals surface area contributed by atoms with Crippen molar-refractivity contribution in [2.75, 3.05) is 12.3 Å². The molecule has 2 heterocycles. The molecule has 0 unspecified atom stereocenters. The Hall–Kier alpha value is -2.82. The van der Waals surface area contributed by atoms with Gasteiger partial charge in [-0.15, -0.1) is 16.6 Å². The van der Waals surface area contributed by atoms with Gasteiger partial charge in [0, 0.05) is 23.0 Å². The van der Waals surface area contributed by atoms with E-state index in [2.05, 4.69) is 26.4 Å². The number of hydrogen-bond donors (Lipinski definition) is 1. The molecule has 0 aliphatic carbocycles. The Morgan fingerprint density at radius 3 is 2.81 bits per heavy atom. The average Bonchev–Trinajstić information content (AvgIpc) is 3.11. The van der Waals surface area contributed by atoms with Crippen LogP contribution in [-0.4, -0.2) is 38.0 Å². The van der Waals surface area contributed by atoms with Gasteiger partial charge in [0.15, 0.2) is 11.0 Å². The van der Waals surface area contributed by atoms with Crippen LogP contribution in [0.5, 0.6) is 0 Å². The van der Waals surface area contributed by atoms with Crippen LogP contribution in [0.15, 0.2) is 47.9 Å². The van der Waals surface area contributed by atoms with Gasteiger partial charge in [0.2, 0.25) is 5.91 Å². The van der Waals surface area contributed by atoms with Crippen LogP contribution in [0.1, 0.15) is 5.56 Å². The van der Waals surface area contributed by atoms with Gasteiger partial charge in [0.05, 0.1) is 18.0 Å². The molecule has 1 amide bonds. The number of rotatable bonds is 6. The van der Waals surface area contributed by atoms with Crippen molar-refractivity contribution in [3.63, 3.8) is 0 Å². The van der Waals surface area contributed by atoms with E-state index in [1.165, 1.54) is 11.8 Å². The Labute approximate surface area is 166 Å². The first-order chi connectivity index (χ1) is 13.1. The Bertz CT molecular complexity index is 997. The van der Waals surface area contributed by atoms with E-state index in [1.54, 1.807) is 12.4 Å². The number of amides is 1. The number of aromatic nitrogens is 4. The predicted molar refractivity (Wildman–Crippen MR) is 107 cm³/mol. The van der Waals surface area contributed by atoms with E-state index in [4.69, 9.17) is 18.0 Å². The lowest BCUT2D eigenvalue weighted by molar-refractivity contribution is -0.118. The third-order valence-electron chi connectivity index (χ3n) is 3.77. The highest BCUT2D eigenvalue weighted by Gasteiger charge is 2.19. The summed E-state index contributed by atoms with van der Waals surface area (Å²) in [5.74, 6) is 3.04. The van der Waals surface area contributed by atoms with Gasteiger partial charge in [0.25, 0.3) is 0 Å². The van der Waals surface area contributed by atoms with Crippen LogP contribution in [0.3, 0.4) is 0 Å². The molecule has 0 fully saturated rings. The standard InChI is InChI=1S/C19H16ClN5OS/c1-3-9-22-17(26)12-27-19-24-23-18(14-7-10-21-11-8-14)25(19)16-6-4-5-15(20)13(16)2/h1,4-8,10-11H,9,12H2,2H3,(H,22,26). The monoisotopic (exact) mass is 397 g/mol. The molecular formula is C19H16ClN5OS. The molecule has 6 nitrogen and oxygen atoms in total. The second-order valence-corrected chi connectivity index (χ2v) is 6.88. The van der Waals surface area contributed by atoms with Crippen LogP contribution in [0, 0.1) is 19.3 Å². The summed E-state index contributed by atoms with van der Waals surface area (Å²) in [6, 6.07) is 9.35. The molecule has 0 aliphatic rings. The molecule has 136 valence electrons. The minimum atomic E-state index is -0.166. The van der Waals surface area contributed by atoms with E-state index in [-0.39, 0.29) is 18.2 Å². The van der Waals surface area contributed by atoms with E-state index < -0.39 is 0 Å². The van der Waals surface area contributed by atoms with Gasteiger partial charge in [-0.2, -0.15) is 0 Å². The molecule has 0 saturated heterocycles. The van der Waals surface area contributed by atoms with E-state index in [9.17, 15) is 4.79 Å². The Morgan fingerprint density at radius 1 is 1.30 bits per heavy atom. The first kappa shape index (κ1) is 19.0. The lowest BCUT2D eigenvalue weighted by atomic mass is 10.2. The van der Waals surface area contributed by atoms with Gasteiger partial charge in [-0.3, -0.25) is 14.3 Å². The summed E-state index contributed by atoms with van der Waals surface area (Å²) in [5.41, 5.74) is 2.61. The molecule has 0 saturated carbocycles. The number of terminal acetylenes is 1. The summed E-state index contributed by atoms with van der Waals surface area (Å²) >= 11 is 7.59. The van der Waals surface area contributed by atoms with Crippen LogP contribution in [0.4, 0.5) is 0 Å². The number of thioether (sulfide) groups is 1. The summed E-state index contributed by atoms with van der Waals surface area (Å²) < 4.78 is 1.90. The maximum atomic E-state index is 11.9. The number of nitrogens with zero attached hydrogens (tertiary/aromatic N) is 4. The third kappa shape index (κ3) is 4.30. The summed E-state index contributed by atoms with van der Waals surface area (Å²) in [5, 5.41) is 12.5. The number of carbonyl (C=O) groups excluding carboxylic acids is 1. The zero-order valence-electron chi connectivity index (χ0n) is 14.5. The average molecular weight is 398 g/mol. The molecule has 2 aromatic heterocycles. The number of halogens is 1. The molecule has 8 heteroatoms. The second-order valence-electron chi connectivity index (χ2n) is 5.53. The SMILES string of the molecule is C#CCNC(=O)CSc1nnc(-c2ccncc2)n1-c1cccc(Cl)c1C. The molecule has 3 aromatic rings. The first-order valence-electron chi connectivity index (χ1n) is 8.06. The molecule has 0 bridgehead atoms. The third-order valence-corrected chi connectivity index (χ3v) is 5.11. The van der Waals surface area contributed by atoms with Crippen LogP contribution >= 0.6 is 23.4 Å². The molecule has 27 heavy (non-hydrogen) atoms. The molecule has 0 aliphatic heterocycles. The Balaban J connectivity index is 2.02. The van der Waals surface area contributed by atoms with Gasteiger partial charge < -0.3 is 5.32 Å². The summed E-state index contributed by atoms with van der Waals surface area (Å²) in [4.78, 5) is 16.0. The van der Waals surface area contributed by atoms with E-state index in [0.29, 0.717) is 16.0 Å². The number of pyridine rings is 1. The zero-order chi connectivity index (χ0) is 19.2. The fourth-order valence-electron chi connectivity index (χ4n) is 2.44. The predicted octanol–water partition coefficient (Wildman–Crippen LogP) is 3.13. The van der Waals surface area contributed by atoms with E-state index in [1.807, 2.05) is 41.8 Å². The van der Waals surface area contributed by atoms with Gasteiger partial charge >= 0.3 is 0 Å². The molecule has 0 spiro atoms. The van der Waals surface area contributed by atoms with Crippen LogP contribution in [-0.2, 0) is 4.79 Å². The summed E-state index contributed by atoms with van der Waals surface area (Å²) in [7, 11) is 0. The topological polar surface area (TPSA) is 72.7 Å². The number of hydrogen-bond acceptors (Lipinski definition) is 5. The lowest BCUT2D eigenvalue weighted by Gasteiger charge is -2.13. The number of carbonyl (C=O) groups is 1. The van der Waals surface area contributed by atoms with E-state index >= 15 is 0 Å². The number of nitrogens with one attached hydrogen (secondary N) is 1. The molecular weight excluding hydrogens is 382 g/mol. The van der Waals surface area contributed by atoms with Crippen molar-refractivity contribution in [1.29, 1.82) is 0 Å². The van der Waals surface area contributed by atoms with Crippen LogP contribution in [0.25, 0.3) is 17.1 Å². The zero-order valence-corrected chi connectivity index (χ0v) is 16.1. The Kier molecular flexibility index (Phi) is 6.12. The molecule has 1 aromatic carbocycles. The first-order valence-corrected chi connectivity index (χ1v) is 9.42. The minimum Gasteiger partial charge on any atom is -0.344 e. The summed E-state index contributed by atoms with van der Waals surface area (Å²) in [6.45, 7) is 2.13. The smallest absolute Gasteiger partial charge is 0.231 e. The fraction of sp³-hybridized carbons (Fsp3) is 0.158. The van der Waals surface area contributed by atoms with Crippen LogP contribution < -0.4 is 5.32 Å². The highest BCUT2D eigenvalue weighted by atomic mass is 35.5. The van der Waals surface area contributed by atoms with Gasteiger partial charge in [-0.25, -0.2) is 0 Å². The maximum absolute atomic E-state index is 11.9. The largest absolute Gasteiger partial charge is 0.344 e. The van der Waals surface area contributed by atoms with Crippen molar-refractivity contribution in [3.8, 4) is 29.4 Å².